The molecule has 114 valence electrons. The molecule has 0 unspecified atom stereocenters. The fourth-order valence-electron chi connectivity index (χ4n) is 2.90. The molecule has 1 atom stereocenters. The van der Waals surface area contributed by atoms with Crippen molar-refractivity contribution in [1.29, 1.82) is 0 Å². The highest BCUT2D eigenvalue weighted by Gasteiger charge is 2.29. The number of hydrogen-bond acceptors (Lipinski definition) is 4. The van der Waals surface area contributed by atoms with E-state index >= 15 is 0 Å². The number of carbonyl (C=O) groups excluding carboxylic acids is 1. The maximum absolute atomic E-state index is 12.4. The van der Waals surface area contributed by atoms with Crippen LogP contribution in [0.3, 0.4) is 0 Å². The van der Waals surface area contributed by atoms with Gasteiger partial charge in [-0.2, -0.15) is 0 Å². The van der Waals surface area contributed by atoms with E-state index in [0.717, 1.165) is 51.5 Å². The van der Waals surface area contributed by atoms with Crippen molar-refractivity contribution >= 4 is 34.9 Å². The number of rotatable bonds is 2. The number of pyridine rings is 1. The molecule has 0 bridgehead atoms. The van der Waals surface area contributed by atoms with Crippen molar-refractivity contribution in [3.63, 3.8) is 0 Å². The van der Waals surface area contributed by atoms with Crippen LogP contribution in [0.5, 0.6) is 0 Å². The van der Waals surface area contributed by atoms with Gasteiger partial charge in [-0.1, -0.05) is 23.2 Å². The lowest BCUT2D eigenvalue weighted by Gasteiger charge is -2.36. The highest BCUT2D eigenvalue weighted by molar-refractivity contribution is 6.36. The SMILES string of the molecule is O=C([C@H]1CCNC1)N1CCN(c2ncc(Cl)cc2Cl)CC1. The molecular formula is C14H18Cl2N4O. The molecule has 3 rings (SSSR count). The molecule has 2 aliphatic heterocycles. The molecule has 1 amide bonds. The number of amides is 1. The lowest BCUT2D eigenvalue weighted by Crippen LogP contribution is -2.51. The van der Waals surface area contributed by atoms with Gasteiger partial charge in [0.05, 0.1) is 16.0 Å². The number of piperazine rings is 1. The average Bonchev–Trinajstić information content (AvgIpc) is 3.01. The molecule has 0 radical (unpaired) electrons. The first-order chi connectivity index (χ1) is 10.1. The predicted molar refractivity (Wildman–Crippen MR) is 84.0 cm³/mol. The summed E-state index contributed by atoms with van der Waals surface area (Å²) in [6.07, 6.45) is 2.55. The van der Waals surface area contributed by atoms with Crippen LogP contribution in [0.15, 0.2) is 12.3 Å². The van der Waals surface area contributed by atoms with Crippen molar-refractivity contribution < 1.29 is 4.79 Å². The molecule has 5 nitrogen and oxygen atoms in total. The number of nitrogens with one attached hydrogen (secondary N) is 1. The van der Waals surface area contributed by atoms with E-state index in [4.69, 9.17) is 23.2 Å². The second kappa shape index (κ2) is 6.38. The van der Waals surface area contributed by atoms with Crippen molar-refractivity contribution in [1.82, 2.24) is 15.2 Å². The molecule has 3 heterocycles. The van der Waals surface area contributed by atoms with Gasteiger partial charge < -0.3 is 15.1 Å². The zero-order valence-corrected chi connectivity index (χ0v) is 13.2. The number of halogens is 2. The van der Waals surface area contributed by atoms with Crippen molar-refractivity contribution in [3.8, 4) is 0 Å². The van der Waals surface area contributed by atoms with Crippen LogP contribution in [-0.2, 0) is 4.79 Å². The number of hydrogen-bond donors (Lipinski definition) is 1. The van der Waals surface area contributed by atoms with E-state index in [-0.39, 0.29) is 11.8 Å². The second-order valence-corrected chi connectivity index (χ2v) is 6.30. The van der Waals surface area contributed by atoms with Gasteiger partial charge in [-0.25, -0.2) is 4.98 Å². The molecule has 0 spiro atoms. The molecule has 2 fully saturated rings. The number of aromatic nitrogens is 1. The van der Waals surface area contributed by atoms with Crippen LogP contribution >= 0.6 is 23.2 Å². The summed E-state index contributed by atoms with van der Waals surface area (Å²) in [5.74, 6) is 1.17. The van der Waals surface area contributed by atoms with Gasteiger partial charge in [-0.3, -0.25) is 4.79 Å². The zero-order chi connectivity index (χ0) is 14.8. The minimum absolute atomic E-state index is 0.147. The third-order valence-corrected chi connectivity index (χ3v) is 4.57. The van der Waals surface area contributed by atoms with E-state index in [1.165, 1.54) is 0 Å². The summed E-state index contributed by atoms with van der Waals surface area (Å²) in [6, 6.07) is 1.70. The van der Waals surface area contributed by atoms with E-state index < -0.39 is 0 Å². The zero-order valence-electron chi connectivity index (χ0n) is 11.7. The van der Waals surface area contributed by atoms with Crippen LogP contribution in [0.1, 0.15) is 6.42 Å². The molecular weight excluding hydrogens is 311 g/mol. The van der Waals surface area contributed by atoms with Gasteiger partial charge in [0, 0.05) is 38.9 Å². The quantitative estimate of drug-likeness (QED) is 0.896. The van der Waals surface area contributed by atoms with E-state index in [0.29, 0.717) is 10.0 Å². The Kier molecular flexibility index (Phi) is 4.52. The Hall–Kier alpha value is -1.04. The Morgan fingerprint density at radius 2 is 2.05 bits per heavy atom. The molecule has 1 aromatic heterocycles. The third-order valence-electron chi connectivity index (χ3n) is 4.09. The van der Waals surface area contributed by atoms with Crippen LogP contribution in [0, 0.1) is 5.92 Å². The second-order valence-electron chi connectivity index (χ2n) is 5.46. The van der Waals surface area contributed by atoms with E-state index in [1.807, 2.05) is 4.90 Å². The Bertz CT molecular complexity index is 526. The van der Waals surface area contributed by atoms with Gasteiger partial charge in [-0.15, -0.1) is 0 Å². The van der Waals surface area contributed by atoms with Crippen LogP contribution < -0.4 is 10.2 Å². The van der Waals surface area contributed by atoms with E-state index in [1.54, 1.807) is 12.3 Å². The summed E-state index contributed by atoms with van der Waals surface area (Å²) >= 11 is 12.1. The molecule has 0 aliphatic carbocycles. The first-order valence-corrected chi connectivity index (χ1v) is 7.96. The molecule has 0 aromatic carbocycles. The van der Waals surface area contributed by atoms with E-state index in [2.05, 4.69) is 15.2 Å². The summed E-state index contributed by atoms with van der Waals surface area (Å²) in [5, 5.41) is 4.33. The largest absolute Gasteiger partial charge is 0.352 e. The molecule has 21 heavy (non-hydrogen) atoms. The highest BCUT2D eigenvalue weighted by Crippen LogP contribution is 2.27. The predicted octanol–water partition coefficient (Wildman–Crippen LogP) is 1.65. The highest BCUT2D eigenvalue weighted by atomic mass is 35.5. The maximum atomic E-state index is 12.4. The molecule has 2 saturated heterocycles. The van der Waals surface area contributed by atoms with Gasteiger partial charge in [0.1, 0.15) is 5.82 Å². The monoisotopic (exact) mass is 328 g/mol. The minimum atomic E-state index is 0.147. The van der Waals surface area contributed by atoms with Crippen molar-refractivity contribution in [2.24, 2.45) is 5.92 Å². The van der Waals surface area contributed by atoms with Gasteiger partial charge in [0.2, 0.25) is 5.91 Å². The van der Waals surface area contributed by atoms with Crippen LogP contribution in [0.25, 0.3) is 0 Å². The first kappa shape index (κ1) is 14.9. The van der Waals surface area contributed by atoms with Crippen LogP contribution in [0.2, 0.25) is 10.0 Å². The summed E-state index contributed by atoms with van der Waals surface area (Å²) in [6.45, 7) is 4.69. The molecule has 2 aliphatic rings. The Morgan fingerprint density at radius 1 is 1.29 bits per heavy atom. The third kappa shape index (κ3) is 3.25. The van der Waals surface area contributed by atoms with Crippen molar-refractivity contribution in [3.05, 3.63) is 22.3 Å². The number of carbonyl (C=O) groups is 1. The Balaban J connectivity index is 1.60. The lowest BCUT2D eigenvalue weighted by molar-refractivity contribution is -0.135. The standard InChI is InChI=1S/C14H18Cl2N4O/c15-11-7-12(16)13(18-9-11)19-3-5-20(6-4-19)14(21)10-1-2-17-8-10/h7,9-10,17H,1-6,8H2/t10-/m0/s1. The Labute approximate surface area is 134 Å². The summed E-state index contributed by atoms with van der Waals surface area (Å²) in [7, 11) is 0. The molecule has 1 N–H and O–H groups in total. The smallest absolute Gasteiger partial charge is 0.227 e. The van der Waals surface area contributed by atoms with Gasteiger partial charge in [0.25, 0.3) is 0 Å². The maximum Gasteiger partial charge on any atom is 0.227 e. The average molecular weight is 329 g/mol. The summed E-state index contributed by atoms with van der Waals surface area (Å²) < 4.78 is 0. The molecule has 0 saturated carbocycles. The lowest BCUT2D eigenvalue weighted by atomic mass is 10.1. The van der Waals surface area contributed by atoms with Gasteiger partial charge >= 0.3 is 0 Å². The Morgan fingerprint density at radius 3 is 2.67 bits per heavy atom. The fraction of sp³-hybridized carbons (Fsp3) is 0.571. The fourth-order valence-corrected chi connectivity index (χ4v) is 3.40. The van der Waals surface area contributed by atoms with Gasteiger partial charge in [-0.05, 0) is 19.0 Å². The minimum Gasteiger partial charge on any atom is -0.352 e. The number of nitrogens with zero attached hydrogens (tertiary/aromatic N) is 3. The van der Waals surface area contributed by atoms with E-state index in [9.17, 15) is 4.79 Å². The topological polar surface area (TPSA) is 48.5 Å². The van der Waals surface area contributed by atoms with Crippen molar-refractivity contribution in [2.75, 3.05) is 44.2 Å². The summed E-state index contributed by atoms with van der Waals surface area (Å²) in [5.41, 5.74) is 0. The summed E-state index contributed by atoms with van der Waals surface area (Å²) in [4.78, 5) is 20.7. The van der Waals surface area contributed by atoms with Crippen molar-refractivity contribution in [2.45, 2.75) is 6.42 Å². The van der Waals surface area contributed by atoms with Crippen LogP contribution in [0.4, 0.5) is 5.82 Å². The first-order valence-electron chi connectivity index (χ1n) is 7.20. The number of anilines is 1. The molecule has 7 heteroatoms. The molecule has 1 aromatic rings. The van der Waals surface area contributed by atoms with Crippen LogP contribution in [-0.4, -0.2) is 55.1 Å². The normalized spacial score (nSPS) is 22.7. The van der Waals surface area contributed by atoms with Gasteiger partial charge in [0.15, 0.2) is 0 Å².